The first-order valence-electron chi connectivity index (χ1n) is 0. The summed E-state index contributed by atoms with van der Waals surface area (Å²) in [4.78, 5) is 0. The molecule has 0 aromatic heterocycles. The van der Waals surface area contributed by atoms with Crippen LogP contribution in [0.2, 0.25) is 0 Å². The fraction of sp³-hybridized carbons (Fsp3) is 0. The van der Waals surface area contributed by atoms with Crippen LogP contribution in [0.1, 0.15) is 2.85 Å². The van der Waals surface area contributed by atoms with E-state index in [1.165, 1.54) is 0 Å². The van der Waals surface area contributed by atoms with Gasteiger partial charge in [0.2, 0.25) is 0 Å². The Kier molecular flexibility index (Phi) is 155. The molecule has 0 aromatic carbocycles. The molecule has 0 heterocycles. The topological polar surface area (TPSA) is 0 Å². The Morgan fingerprint density at radius 2 is 1.25 bits per heavy atom. The predicted molar refractivity (Wildman–Crippen MR) is 7.98 cm³/mol. The third-order valence-corrected chi connectivity index (χ3v) is 0. The first-order valence-corrected chi connectivity index (χ1v) is 0. The van der Waals surface area contributed by atoms with Gasteiger partial charge in [0.05, 0.1) is 0 Å². The van der Waals surface area contributed by atoms with Gasteiger partial charge in [0, 0.05) is 50.6 Å². The van der Waals surface area contributed by atoms with Gasteiger partial charge in [-0.1, -0.05) is 0 Å². The van der Waals surface area contributed by atoms with E-state index >= 15 is 0 Å². The van der Waals surface area contributed by atoms with E-state index in [1.807, 2.05) is 0 Å². The average Bonchev–Trinajstić information content (AvgIpc) is 0. The fourth-order valence-electron chi connectivity index (χ4n) is 0. The van der Waals surface area contributed by atoms with Crippen LogP contribution in [0.5, 0.6) is 0 Å². The monoisotopic (exact) mass is 195 g/mol. The maximum absolute atomic E-state index is 0. The molecule has 0 saturated heterocycles. The van der Waals surface area contributed by atoms with Crippen molar-refractivity contribution in [2.75, 3.05) is 0 Å². The molecule has 0 aliphatic carbocycles. The van der Waals surface area contributed by atoms with E-state index in [1.54, 1.807) is 0 Å². The molecule has 4 heteroatoms. The summed E-state index contributed by atoms with van der Waals surface area (Å²) in [5, 5.41) is 0. The molecule has 0 atom stereocenters. The molecule has 0 rings (SSSR count). The summed E-state index contributed by atoms with van der Waals surface area (Å²) in [5.74, 6) is 0. The quantitative estimate of drug-likeness (QED) is 0.472. The standard InChI is InChI=1S/Fe.Mg.Mn.Ni.2H/q;+2;;;2*-1. The van der Waals surface area contributed by atoms with Crippen molar-refractivity contribution in [3.8, 4) is 0 Å². The molecule has 0 spiro atoms. The Bertz CT molecular complexity index is 13.5. The maximum Gasteiger partial charge on any atom is 2.00 e. The third kappa shape index (κ3) is 8.85. The van der Waals surface area contributed by atoms with Crippen molar-refractivity contribution in [3.63, 3.8) is 0 Å². The Morgan fingerprint density at radius 3 is 1.25 bits per heavy atom. The molecule has 29 valence electrons. The van der Waals surface area contributed by atoms with Crippen molar-refractivity contribution in [1.82, 2.24) is 0 Å². The SMILES string of the molecule is [Fe].[H-].[H-].[Mg+2].[Mn].[Ni]. The number of hydrogen-bond acceptors (Lipinski definition) is 0. The summed E-state index contributed by atoms with van der Waals surface area (Å²) in [5.41, 5.74) is 0. The summed E-state index contributed by atoms with van der Waals surface area (Å²) in [6.45, 7) is 0. The van der Waals surface area contributed by atoms with Crippen molar-refractivity contribution in [1.29, 1.82) is 0 Å². The Labute approximate surface area is 75.8 Å². The van der Waals surface area contributed by atoms with Crippen LogP contribution < -0.4 is 0 Å². The summed E-state index contributed by atoms with van der Waals surface area (Å²) in [6.07, 6.45) is 0. The van der Waals surface area contributed by atoms with Crippen LogP contribution in [0.4, 0.5) is 0 Å². The normalized spacial score (nSPS) is 0. The molecule has 0 fully saturated rings. The molecule has 0 nitrogen and oxygen atoms in total. The van der Waals surface area contributed by atoms with E-state index < -0.39 is 0 Å². The molecule has 1 radical (unpaired) electrons. The van der Waals surface area contributed by atoms with Crippen LogP contribution in [0.15, 0.2) is 0 Å². The Morgan fingerprint density at radius 1 is 1.25 bits per heavy atom. The van der Waals surface area contributed by atoms with Gasteiger partial charge in [0.15, 0.2) is 0 Å². The second-order valence-corrected chi connectivity index (χ2v) is 0. The van der Waals surface area contributed by atoms with Crippen LogP contribution in [0, 0.1) is 0 Å². The zero-order valence-corrected chi connectivity index (χ0v) is 6.44. The van der Waals surface area contributed by atoms with Gasteiger partial charge in [-0.05, 0) is 0 Å². The van der Waals surface area contributed by atoms with Gasteiger partial charge < -0.3 is 2.85 Å². The van der Waals surface area contributed by atoms with E-state index in [9.17, 15) is 0 Å². The summed E-state index contributed by atoms with van der Waals surface area (Å²) in [6, 6.07) is 0. The molecule has 0 bridgehead atoms. The maximum atomic E-state index is 0. The van der Waals surface area contributed by atoms with Crippen LogP contribution >= 0.6 is 0 Å². The number of hydrogen-bond donors (Lipinski definition) is 0. The van der Waals surface area contributed by atoms with Gasteiger partial charge in [-0.15, -0.1) is 0 Å². The molecule has 0 aromatic rings. The molecule has 0 unspecified atom stereocenters. The molecule has 0 amide bonds. The second kappa shape index (κ2) is 18.5. The van der Waals surface area contributed by atoms with E-state index in [0.717, 1.165) is 0 Å². The molecule has 0 N–H and O–H groups in total. The van der Waals surface area contributed by atoms with Crippen LogP contribution in [-0.4, -0.2) is 23.1 Å². The fourth-order valence-corrected chi connectivity index (χ4v) is 0. The number of rotatable bonds is 0. The molecule has 4 heavy (non-hydrogen) atoms. The minimum absolute atomic E-state index is 0. The van der Waals surface area contributed by atoms with Gasteiger partial charge in [-0.2, -0.15) is 0 Å². The van der Waals surface area contributed by atoms with E-state index in [4.69, 9.17) is 0 Å². The smallest absolute Gasteiger partial charge is 1.00 e. The van der Waals surface area contributed by atoms with Gasteiger partial charge in [-0.3, -0.25) is 0 Å². The average molecular weight is 196 g/mol. The largest absolute Gasteiger partial charge is 2.00 e. The van der Waals surface area contributed by atoms with Crippen molar-refractivity contribution in [3.05, 3.63) is 0 Å². The first kappa shape index (κ1) is 33.5. The van der Waals surface area contributed by atoms with Gasteiger partial charge in [0.25, 0.3) is 0 Å². The summed E-state index contributed by atoms with van der Waals surface area (Å²) in [7, 11) is 0. The summed E-state index contributed by atoms with van der Waals surface area (Å²) < 4.78 is 0. The van der Waals surface area contributed by atoms with Crippen LogP contribution in [-0.2, 0) is 50.6 Å². The minimum Gasteiger partial charge on any atom is -1.00 e. The van der Waals surface area contributed by atoms with Crippen molar-refractivity contribution < 1.29 is 53.5 Å². The van der Waals surface area contributed by atoms with E-state index in [2.05, 4.69) is 0 Å². The van der Waals surface area contributed by atoms with Crippen molar-refractivity contribution >= 4 is 23.1 Å². The van der Waals surface area contributed by atoms with Crippen molar-refractivity contribution in [2.45, 2.75) is 0 Å². The van der Waals surface area contributed by atoms with Gasteiger partial charge >= 0.3 is 23.1 Å². The summed E-state index contributed by atoms with van der Waals surface area (Å²) >= 11 is 0. The predicted octanol–water partition coefficient (Wildman–Crippen LogP) is -0.163. The Hall–Kier alpha value is 2.30. The zero-order chi connectivity index (χ0) is 0. The van der Waals surface area contributed by atoms with Gasteiger partial charge in [0.1, 0.15) is 0 Å². The zero-order valence-electron chi connectivity index (χ0n) is 3.75. The molecular formula is H2FeMgMnNi. The Balaban J connectivity index is 0. The van der Waals surface area contributed by atoms with Crippen LogP contribution in [0.25, 0.3) is 0 Å². The van der Waals surface area contributed by atoms with E-state index in [0.29, 0.717) is 0 Å². The molecule has 0 aliphatic rings. The second-order valence-electron chi connectivity index (χ2n) is 0. The third-order valence-electron chi connectivity index (χ3n) is 0. The molecule has 0 saturated carbocycles. The molecule has 0 aliphatic heterocycles. The minimum atomic E-state index is 0. The van der Waals surface area contributed by atoms with Crippen molar-refractivity contribution in [2.24, 2.45) is 0 Å². The van der Waals surface area contributed by atoms with E-state index in [-0.39, 0.29) is 76.5 Å². The molecular weight excluding hydrogens is 194 g/mol. The van der Waals surface area contributed by atoms with Gasteiger partial charge in [-0.25, -0.2) is 0 Å². The first-order chi connectivity index (χ1) is 0. The van der Waals surface area contributed by atoms with Crippen LogP contribution in [0.3, 0.4) is 0 Å².